The predicted octanol–water partition coefficient (Wildman–Crippen LogP) is 4.11. The van der Waals surface area contributed by atoms with Crippen molar-refractivity contribution in [2.45, 2.75) is 46.0 Å². The van der Waals surface area contributed by atoms with Crippen molar-refractivity contribution in [2.75, 3.05) is 6.61 Å². The molecular weight excluding hydrogens is 273 g/mol. The second-order valence-corrected chi connectivity index (χ2v) is 5.04. The van der Waals surface area contributed by atoms with Crippen molar-refractivity contribution in [3.8, 4) is 0 Å². The molecule has 0 amide bonds. The third-order valence-electron chi connectivity index (χ3n) is 2.38. The molecule has 102 valence electrons. The number of ether oxygens (including phenoxy) is 2. The molecule has 0 radical (unpaired) electrons. The Hall–Kier alpha value is -0.350. The van der Waals surface area contributed by atoms with Crippen molar-refractivity contribution in [3.63, 3.8) is 0 Å². The second-order valence-electron chi connectivity index (χ2n) is 4.27. The van der Waals surface area contributed by atoms with Gasteiger partial charge in [-0.25, -0.2) is 4.98 Å². The van der Waals surface area contributed by atoms with Crippen LogP contribution in [0.25, 0.3) is 0 Å². The summed E-state index contributed by atoms with van der Waals surface area (Å²) in [7, 11) is 0. The maximum absolute atomic E-state index is 5.89. The van der Waals surface area contributed by atoms with Crippen molar-refractivity contribution < 1.29 is 9.47 Å². The van der Waals surface area contributed by atoms with Gasteiger partial charge in [0.05, 0.1) is 17.7 Å². The minimum absolute atomic E-state index is 0.0500. The zero-order valence-electron chi connectivity index (χ0n) is 11.2. The molecule has 1 aromatic heterocycles. The van der Waals surface area contributed by atoms with Crippen molar-refractivity contribution in [2.24, 2.45) is 0 Å². The molecule has 5 heteroatoms. The van der Waals surface area contributed by atoms with Gasteiger partial charge in [-0.2, -0.15) is 0 Å². The fourth-order valence-electron chi connectivity index (χ4n) is 1.70. The number of rotatable bonds is 2. The highest BCUT2D eigenvalue weighted by Crippen LogP contribution is 2.26. The number of aromatic nitrogens is 1. The minimum atomic E-state index is -0.492. The third kappa shape index (κ3) is 4.39. The first-order chi connectivity index (χ1) is 8.46. The summed E-state index contributed by atoms with van der Waals surface area (Å²) >= 11 is 11.6. The summed E-state index contributed by atoms with van der Waals surface area (Å²) in [4.78, 5) is 3.99. The van der Waals surface area contributed by atoms with Gasteiger partial charge in [-0.3, -0.25) is 0 Å². The topological polar surface area (TPSA) is 31.4 Å². The van der Waals surface area contributed by atoms with Crippen molar-refractivity contribution in [1.29, 1.82) is 0 Å². The third-order valence-corrected chi connectivity index (χ3v) is 3.07. The number of halogens is 2. The molecule has 0 N–H and O–H groups in total. The van der Waals surface area contributed by atoms with E-state index in [1.165, 1.54) is 0 Å². The van der Waals surface area contributed by atoms with E-state index in [2.05, 4.69) is 4.98 Å². The van der Waals surface area contributed by atoms with Gasteiger partial charge in [-0.1, -0.05) is 37.0 Å². The summed E-state index contributed by atoms with van der Waals surface area (Å²) < 4.78 is 11.2. The summed E-state index contributed by atoms with van der Waals surface area (Å²) in [5, 5.41) is 0.798. The van der Waals surface area contributed by atoms with Crippen LogP contribution in [-0.4, -0.2) is 23.5 Å². The van der Waals surface area contributed by atoms with Gasteiger partial charge in [0.1, 0.15) is 5.15 Å². The lowest BCUT2D eigenvalue weighted by molar-refractivity contribution is -0.138. The van der Waals surface area contributed by atoms with Gasteiger partial charge >= 0.3 is 0 Å². The van der Waals surface area contributed by atoms with E-state index in [0.29, 0.717) is 16.8 Å². The Balaban J connectivity index is 0.000000771. The molecular formula is C13H19Cl2NO2. The Morgan fingerprint density at radius 3 is 2.56 bits per heavy atom. The van der Waals surface area contributed by atoms with Crippen LogP contribution in [0.1, 0.15) is 33.3 Å². The van der Waals surface area contributed by atoms with Gasteiger partial charge < -0.3 is 9.47 Å². The van der Waals surface area contributed by atoms with Crippen LogP contribution in [-0.2, 0) is 15.9 Å². The van der Waals surface area contributed by atoms with Gasteiger partial charge in [0.25, 0.3) is 0 Å². The monoisotopic (exact) mass is 291 g/mol. The van der Waals surface area contributed by atoms with Gasteiger partial charge in [-0.05, 0) is 25.5 Å². The molecule has 2 heterocycles. The van der Waals surface area contributed by atoms with Gasteiger partial charge in [-0.15, -0.1) is 0 Å². The number of hydrogen-bond acceptors (Lipinski definition) is 3. The first-order valence-electron chi connectivity index (χ1n) is 6.08. The summed E-state index contributed by atoms with van der Waals surface area (Å²) in [5.41, 5.74) is 1.00. The molecule has 1 aromatic rings. The molecule has 0 saturated carbocycles. The average Bonchev–Trinajstić information content (AvgIpc) is 2.66. The number of hydrogen-bond donors (Lipinski definition) is 0. The predicted molar refractivity (Wildman–Crippen MR) is 74.2 cm³/mol. The molecule has 1 fully saturated rings. The van der Waals surface area contributed by atoms with Crippen LogP contribution >= 0.6 is 23.2 Å². The summed E-state index contributed by atoms with van der Waals surface area (Å²) in [6.07, 6.45) is 2.49. The summed E-state index contributed by atoms with van der Waals surface area (Å²) in [6.45, 7) is 8.40. The normalized spacial score (nSPS) is 21.3. The SMILES string of the molecule is CC.CC1(C)OC[C@@H](Cc2cnc(Cl)c(Cl)c2)O1. The van der Waals surface area contributed by atoms with E-state index in [1.807, 2.05) is 33.8 Å². The van der Waals surface area contributed by atoms with E-state index in [9.17, 15) is 0 Å². The van der Waals surface area contributed by atoms with Gasteiger partial charge in [0.15, 0.2) is 5.79 Å². The fraction of sp³-hybridized carbons (Fsp3) is 0.615. The summed E-state index contributed by atoms with van der Waals surface area (Å²) in [5.74, 6) is -0.492. The largest absolute Gasteiger partial charge is 0.348 e. The zero-order chi connectivity index (χ0) is 13.8. The van der Waals surface area contributed by atoms with Gasteiger partial charge in [0.2, 0.25) is 0 Å². The highest BCUT2D eigenvalue weighted by Gasteiger charge is 2.32. The lowest BCUT2D eigenvalue weighted by Crippen LogP contribution is -2.22. The van der Waals surface area contributed by atoms with E-state index in [0.717, 1.165) is 12.0 Å². The average molecular weight is 292 g/mol. The maximum atomic E-state index is 5.89. The van der Waals surface area contributed by atoms with Crippen molar-refractivity contribution in [1.82, 2.24) is 4.98 Å². The molecule has 0 aromatic carbocycles. The second kappa shape index (κ2) is 6.71. The molecule has 1 aliphatic rings. The quantitative estimate of drug-likeness (QED) is 0.769. The van der Waals surface area contributed by atoms with Crippen LogP contribution in [0.3, 0.4) is 0 Å². The number of nitrogens with zero attached hydrogens (tertiary/aromatic N) is 1. The first kappa shape index (κ1) is 15.7. The zero-order valence-corrected chi connectivity index (χ0v) is 12.7. The van der Waals surface area contributed by atoms with E-state index in [4.69, 9.17) is 32.7 Å². The Labute approximate surface area is 118 Å². The minimum Gasteiger partial charge on any atom is -0.348 e. The Morgan fingerprint density at radius 2 is 2.06 bits per heavy atom. The van der Waals surface area contributed by atoms with E-state index in [1.54, 1.807) is 6.20 Å². The number of pyridine rings is 1. The van der Waals surface area contributed by atoms with Crippen LogP contribution in [0, 0.1) is 0 Å². The highest BCUT2D eigenvalue weighted by molar-refractivity contribution is 6.41. The van der Waals surface area contributed by atoms with Crippen LogP contribution in [0.15, 0.2) is 12.3 Å². The van der Waals surface area contributed by atoms with Crippen molar-refractivity contribution >= 4 is 23.2 Å². The van der Waals surface area contributed by atoms with Gasteiger partial charge in [0, 0.05) is 12.6 Å². The Kier molecular flexibility index (Phi) is 5.86. The lowest BCUT2D eigenvalue weighted by atomic mass is 10.1. The molecule has 3 nitrogen and oxygen atoms in total. The van der Waals surface area contributed by atoms with E-state index in [-0.39, 0.29) is 6.10 Å². The molecule has 1 aliphatic heterocycles. The molecule has 0 spiro atoms. The van der Waals surface area contributed by atoms with E-state index >= 15 is 0 Å². The highest BCUT2D eigenvalue weighted by atomic mass is 35.5. The molecule has 0 bridgehead atoms. The first-order valence-corrected chi connectivity index (χ1v) is 6.83. The molecule has 2 rings (SSSR count). The smallest absolute Gasteiger partial charge is 0.163 e. The standard InChI is InChI=1S/C11H13Cl2NO2.C2H6/c1-11(2)15-6-8(16-11)3-7-4-9(12)10(13)14-5-7;1-2/h4-5,8H,3,6H2,1-2H3;1-2H3/t8-;/m1./s1. The van der Waals surface area contributed by atoms with E-state index < -0.39 is 5.79 Å². The summed E-state index contributed by atoms with van der Waals surface area (Å²) in [6, 6.07) is 1.81. The molecule has 0 aliphatic carbocycles. The van der Waals surface area contributed by atoms with Crippen LogP contribution in [0.4, 0.5) is 0 Å². The molecule has 1 atom stereocenters. The fourth-order valence-corrected chi connectivity index (χ4v) is 1.99. The van der Waals surface area contributed by atoms with Crippen molar-refractivity contribution in [3.05, 3.63) is 28.0 Å². The van der Waals surface area contributed by atoms with Crippen LogP contribution in [0.2, 0.25) is 10.2 Å². The van der Waals surface area contributed by atoms with Crippen LogP contribution in [0.5, 0.6) is 0 Å². The Morgan fingerprint density at radius 1 is 1.39 bits per heavy atom. The molecule has 18 heavy (non-hydrogen) atoms. The molecule has 0 unspecified atom stereocenters. The maximum Gasteiger partial charge on any atom is 0.163 e. The molecule has 1 saturated heterocycles. The lowest BCUT2D eigenvalue weighted by Gasteiger charge is -2.17. The van der Waals surface area contributed by atoms with Crippen LogP contribution < -0.4 is 0 Å². The Bertz CT molecular complexity index is 397.